The van der Waals surface area contributed by atoms with E-state index in [0.29, 0.717) is 6.54 Å². The third kappa shape index (κ3) is 23.9. The van der Waals surface area contributed by atoms with Gasteiger partial charge in [0.25, 0.3) is 5.91 Å². The van der Waals surface area contributed by atoms with Crippen molar-refractivity contribution in [3.05, 3.63) is 0 Å². The maximum absolute atomic E-state index is 11.3. The minimum atomic E-state index is -1.28. The van der Waals surface area contributed by atoms with Gasteiger partial charge < -0.3 is 15.5 Å². The van der Waals surface area contributed by atoms with Crippen molar-refractivity contribution in [2.24, 2.45) is 0 Å². The van der Waals surface area contributed by atoms with Crippen LogP contribution in [0.3, 0.4) is 0 Å². The van der Waals surface area contributed by atoms with E-state index in [0.717, 1.165) is 12.8 Å². The lowest BCUT2D eigenvalue weighted by Gasteiger charge is -2.08. The fourth-order valence-corrected chi connectivity index (χ4v) is 4.15. The maximum atomic E-state index is 11.3. The molecule has 0 aliphatic heterocycles. The van der Waals surface area contributed by atoms with Crippen LogP contribution in [-0.2, 0) is 4.79 Å². The second-order valence-electron chi connectivity index (χ2n) is 9.41. The van der Waals surface area contributed by atoms with Crippen LogP contribution in [0.5, 0.6) is 0 Å². The zero-order valence-corrected chi connectivity index (χ0v) is 20.9. The molecule has 0 bridgehead atoms. The number of rotatable bonds is 25. The molecule has 0 aromatic heterocycles. The van der Waals surface area contributed by atoms with E-state index in [1.54, 1.807) is 0 Å². The molecule has 1 atom stereocenters. The van der Waals surface area contributed by atoms with Gasteiger partial charge in [-0.25, -0.2) is 0 Å². The van der Waals surface area contributed by atoms with Crippen LogP contribution < -0.4 is 5.32 Å². The highest BCUT2D eigenvalue weighted by Crippen LogP contribution is 2.15. The molecular weight excluding hydrogens is 386 g/mol. The largest absolute Gasteiger partial charge is 0.393 e. The molecule has 4 heteroatoms. The summed E-state index contributed by atoms with van der Waals surface area (Å²) < 4.78 is 0. The molecule has 0 saturated heterocycles. The van der Waals surface area contributed by atoms with Crippen LogP contribution >= 0.6 is 0 Å². The Kier molecular flexibility index (Phi) is 25.1. The Labute approximate surface area is 194 Å². The zero-order chi connectivity index (χ0) is 22.8. The van der Waals surface area contributed by atoms with Crippen LogP contribution in [0.15, 0.2) is 0 Å². The summed E-state index contributed by atoms with van der Waals surface area (Å²) in [5.41, 5.74) is 0. The number of carbonyl (C=O) groups is 1. The van der Waals surface area contributed by atoms with Crippen molar-refractivity contribution in [3.63, 3.8) is 0 Å². The molecule has 0 heterocycles. The summed E-state index contributed by atoms with van der Waals surface area (Å²) >= 11 is 0. The normalized spacial score (nSPS) is 12.2. The van der Waals surface area contributed by atoms with Gasteiger partial charge in [-0.3, -0.25) is 4.79 Å². The summed E-state index contributed by atoms with van der Waals surface area (Å²) in [6, 6.07) is 0. The fraction of sp³-hybridized carbons (Fsp3) is 0.963. The van der Waals surface area contributed by atoms with Gasteiger partial charge in [0.1, 0.15) is 0 Å². The van der Waals surface area contributed by atoms with Gasteiger partial charge in [0.2, 0.25) is 0 Å². The summed E-state index contributed by atoms with van der Waals surface area (Å²) in [4.78, 5) is 11.3. The lowest BCUT2D eigenvalue weighted by molar-refractivity contribution is -0.131. The Balaban J connectivity index is 3.07. The predicted molar refractivity (Wildman–Crippen MR) is 133 cm³/mol. The third-order valence-corrected chi connectivity index (χ3v) is 6.31. The van der Waals surface area contributed by atoms with Gasteiger partial charge in [-0.2, -0.15) is 0 Å². The van der Waals surface area contributed by atoms with Crippen molar-refractivity contribution in [3.8, 4) is 0 Å². The summed E-state index contributed by atoms with van der Waals surface area (Å²) in [6.07, 6.45) is 28.9. The lowest BCUT2D eigenvalue weighted by Crippen LogP contribution is -2.37. The van der Waals surface area contributed by atoms with Gasteiger partial charge in [0.15, 0.2) is 6.10 Å². The van der Waals surface area contributed by atoms with Crippen molar-refractivity contribution in [2.45, 2.75) is 154 Å². The van der Waals surface area contributed by atoms with Crippen LogP contribution in [-0.4, -0.2) is 35.4 Å². The predicted octanol–water partition coefficient (Wildman–Crippen LogP) is 7.06. The van der Waals surface area contributed by atoms with E-state index in [1.807, 2.05) is 0 Å². The third-order valence-electron chi connectivity index (χ3n) is 6.31. The van der Waals surface area contributed by atoms with Crippen LogP contribution in [0.2, 0.25) is 0 Å². The van der Waals surface area contributed by atoms with Gasteiger partial charge in [-0.15, -0.1) is 0 Å². The molecule has 0 aliphatic rings. The number of aliphatic hydroxyl groups excluding tert-OH is 2. The molecule has 0 aliphatic carbocycles. The molecule has 186 valence electrons. The van der Waals surface area contributed by atoms with Gasteiger partial charge in [0, 0.05) is 6.54 Å². The van der Waals surface area contributed by atoms with Gasteiger partial charge in [-0.1, -0.05) is 142 Å². The molecule has 0 fully saturated rings. The Morgan fingerprint density at radius 1 is 0.581 bits per heavy atom. The smallest absolute Gasteiger partial charge is 0.251 e. The van der Waals surface area contributed by atoms with Crippen LogP contribution in [0, 0.1) is 0 Å². The summed E-state index contributed by atoms with van der Waals surface area (Å²) in [5.74, 6) is -0.467. The van der Waals surface area contributed by atoms with Crippen LogP contribution in [0.25, 0.3) is 0 Å². The van der Waals surface area contributed by atoms with E-state index in [2.05, 4.69) is 12.2 Å². The highest BCUT2D eigenvalue weighted by atomic mass is 16.3. The van der Waals surface area contributed by atoms with Crippen molar-refractivity contribution < 1.29 is 15.0 Å². The van der Waals surface area contributed by atoms with E-state index in [1.165, 1.54) is 128 Å². The maximum Gasteiger partial charge on any atom is 0.251 e. The average Bonchev–Trinajstić information content (AvgIpc) is 2.78. The Morgan fingerprint density at radius 3 is 1.16 bits per heavy atom. The number of unbranched alkanes of at least 4 members (excludes halogenated alkanes) is 21. The summed E-state index contributed by atoms with van der Waals surface area (Å²) in [7, 11) is 0. The summed E-state index contributed by atoms with van der Waals surface area (Å²) in [5, 5.41) is 20.5. The number of nitrogens with one attached hydrogen (secondary N) is 1. The van der Waals surface area contributed by atoms with Crippen molar-refractivity contribution in [1.82, 2.24) is 5.32 Å². The van der Waals surface area contributed by atoms with Gasteiger partial charge in [-0.05, 0) is 6.42 Å². The zero-order valence-electron chi connectivity index (χ0n) is 20.9. The van der Waals surface area contributed by atoms with E-state index in [4.69, 9.17) is 10.2 Å². The summed E-state index contributed by atoms with van der Waals surface area (Å²) in [6.45, 7) is 2.37. The number of carbonyl (C=O) groups excluding carboxylic acids is 1. The standard InChI is InChI=1S/C27H55NO3/c1-2-3-4-5-6-7-8-9-10-11-12-13-14-15-16-17-18-19-20-21-22-23-24-28-27(31)26(30)25-29/h26,29-30H,2-25H2,1H3,(H,28,31). The van der Waals surface area contributed by atoms with E-state index >= 15 is 0 Å². The molecule has 0 aromatic carbocycles. The second-order valence-corrected chi connectivity index (χ2v) is 9.41. The number of hydrogen-bond donors (Lipinski definition) is 3. The number of hydrogen-bond acceptors (Lipinski definition) is 3. The van der Waals surface area contributed by atoms with E-state index in [9.17, 15) is 4.79 Å². The lowest BCUT2D eigenvalue weighted by atomic mass is 10.0. The molecule has 0 spiro atoms. The van der Waals surface area contributed by atoms with Crippen molar-refractivity contribution in [2.75, 3.05) is 13.2 Å². The molecule has 0 rings (SSSR count). The van der Waals surface area contributed by atoms with E-state index < -0.39 is 18.6 Å². The Hall–Kier alpha value is -0.610. The first-order valence-electron chi connectivity index (χ1n) is 13.8. The average molecular weight is 442 g/mol. The van der Waals surface area contributed by atoms with Gasteiger partial charge in [0.05, 0.1) is 6.61 Å². The molecule has 1 amide bonds. The molecule has 0 saturated carbocycles. The molecule has 0 radical (unpaired) electrons. The molecule has 0 aromatic rings. The van der Waals surface area contributed by atoms with Crippen molar-refractivity contribution in [1.29, 1.82) is 0 Å². The van der Waals surface area contributed by atoms with Gasteiger partial charge >= 0.3 is 0 Å². The fourth-order valence-electron chi connectivity index (χ4n) is 4.15. The Morgan fingerprint density at radius 2 is 0.871 bits per heavy atom. The molecule has 4 nitrogen and oxygen atoms in total. The first kappa shape index (κ1) is 30.4. The monoisotopic (exact) mass is 441 g/mol. The first-order valence-corrected chi connectivity index (χ1v) is 13.8. The number of aliphatic hydroxyl groups is 2. The molecule has 1 unspecified atom stereocenters. The highest BCUT2D eigenvalue weighted by Gasteiger charge is 2.11. The number of amides is 1. The van der Waals surface area contributed by atoms with E-state index in [-0.39, 0.29) is 0 Å². The quantitative estimate of drug-likeness (QED) is 0.133. The SMILES string of the molecule is CCCCCCCCCCCCCCCCCCCCCCCCNC(=O)C(O)CO. The molecule has 3 N–H and O–H groups in total. The second kappa shape index (κ2) is 25.6. The highest BCUT2D eigenvalue weighted by molar-refractivity contribution is 5.80. The topological polar surface area (TPSA) is 69.6 Å². The first-order chi connectivity index (χ1) is 15.2. The van der Waals surface area contributed by atoms with Crippen molar-refractivity contribution >= 4 is 5.91 Å². The minimum absolute atomic E-state index is 0.467. The van der Waals surface area contributed by atoms with Crippen LogP contribution in [0.4, 0.5) is 0 Å². The molecular formula is C27H55NO3. The minimum Gasteiger partial charge on any atom is -0.393 e. The van der Waals surface area contributed by atoms with Crippen LogP contribution in [0.1, 0.15) is 148 Å². The Bertz CT molecular complexity index is 362. The molecule has 31 heavy (non-hydrogen) atoms.